The molecular formula is C26H27BrN2O2S2. The number of carbonyl (C=O) groups excluding carboxylic acids is 1. The first-order valence-corrected chi connectivity index (χ1v) is 14.0. The van der Waals surface area contributed by atoms with Crippen molar-refractivity contribution in [3.63, 3.8) is 0 Å². The van der Waals surface area contributed by atoms with Crippen LogP contribution < -0.4 is 15.4 Å². The third-order valence-corrected chi connectivity index (χ3v) is 7.66. The monoisotopic (exact) mass is 542 g/mol. The smallest absolute Gasteiger partial charge is 0.323 e. The van der Waals surface area contributed by atoms with E-state index in [0.717, 1.165) is 57.6 Å². The van der Waals surface area contributed by atoms with E-state index in [4.69, 9.17) is 4.74 Å². The van der Waals surface area contributed by atoms with E-state index in [1.807, 2.05) is 47.8 Å². The molecule has 0 spiro atoms. The van der Waals surface area contributed by atoms with E-state index in [2.05, 4.69) is 69.9 Å². The summed E-state index contributed by atoms with van der Waals surface area (Å²) in [4.78, 5) is 12.5. The zero-order valence-electron chi connectivity index (χ0n) is 18.5. The molecule has 0 saturated carbocycles. The molecule has 0 aliphatic carbocycles. The number of ether oxygens (including phenoxy) is 1. The van der Waals surface area contributed by atoms with Crippen LogP contribution in [0.4, 0.5) is 16.2 Å². The molecular weight excluding hydrogens is 516 g/mol. The summed E-state index contributed by atoms with van der Waals surface area (Å²) >= 11 is 7.17. The number of hydrogen-bond acceptors (Lipinski definition) is 4. The van der Waals surface area contributed by atoms with Crippen LogP contribution in [0.2, 0.25) is 0 Å². The second-order valence-electron chi connectivity index (χ2n) is 7.94. The average molecular weight is 544 g/mol. The largest absolute Gasteiger partial charge is 0.494 e. The lowest BCUT2D eigenvalue weighted by molar-refractivity contribution is 0.262. The predicted molar refractivity (Wildman–Crippen MR) is 145 cm³/mol. The number of halogens is 1. The number of anilines is 2. The second kappa shape index (κ2) is 11.9. The van der Waals surface area contributed by atoms with Crippen LogP contribution in [0.1, 0.15) is 35.6 Å². The van der Waals surface area contributed by atoms with Gasteiger partial charge in [-0.3, -0.25) is 0 Å². The number of benzene rings is 3. The van der Waals surface area contributed by atoms with E-state index < -0.39 is 0 Å². The van der Waals surface area contributed by atoms with Crippen LogP contribution in [0.25, 0.3) is 0 Å². The van der Waals surface area contributed by atoms with Crippen molar-refractivity contribution >= 4 is 56.9 Å². The Morgan fingerprint density at radius 1 is 0.818 bits per heavy atom. The molecule has 0 radical (unpaired) electrons. The quantitative estimate of drug-likeness (QED) is 0.342. The van der Waals surface area contributed by atoms with Gasteiger partial charge in [-0.1, -0.05) is 35.0 Å². The Morgan fingerprint density at radius 2 is 1.33 bits per heavy atom. The molecule has 4 bridgehead atoms. The maximum atomic E-state index is 12.5. The Bertz CT molecular complexity index is 1060. The van der Waals surface area contributed by atoms with Crippen molar-refractivity contribution in [2.75, 3.05) is 17.2 Å². The van der Waals surface area contributed by atoms with Crippen molar-refractivity contribution < 1.29 is 9.53 Å². The lowest BCUT2D eigenvalue weighted by Crippen LogP contribution is -2.19. The topological polar surface area (TPSA) is 50.4 Å². The SMILES string of the molecule is CCCOc1cc2cc(c1)CSCc1cc(cc(NC(=O)Nc3ccc(Br)cc3)c1)CSC2. The number of fused-ring (bicyclic) bond motifs is 4. The predicted octanol–water partition coefficient (Wildman–Crippen LogP) is 8.06. The number of urea groups is 1. The Kier molecular flexibility index (Phi) is 8.64. The van der Waals surface area contributed by atoms with Gasteiger partial charge in [0.15, 0.2) is 0 Å². The summed E-state index contributed by atoms with van der Waals surface area (Å²) in [5, 5.41) is 5.89. The summed E-state index contributed by atoms with van der Waals surface area (Å²) in [6, 6.07) is 20.3. The Morgan fingerprint density at radius 3 is 1.88 bits per heavy atom. The number of nitrogens with one attached hydrogen (secondary N) is 2. The van der Waals surface area contributed by atoms with Crippen LogP contribution in [-0.2, 0) is 23.0 Å². The van der Waals surface area contributed by atoms with Crippen LogP contribution in [-0.4, -0.2) is 12.6 Å². The second-order valence-corrected chi connectivity index (χ2v) is 10.8. The summed E-state index contributed by atoms with van der Waals surface area (Å²) in [7, 11) is 0. The van der Waals surface area contributed by atoms with E-state index in [0.29, 0.717) is 0 Å². The van der Waals surface area contributed by atoms with Crippen molar-refractivity contribution in [3.05, 3.63) is 87.4 Å². The summed E-state index contributed by atoms with van der Waals surface area (Å²) in [5.41, 5.74) is 6.61. The Labute approximate surface area is 212 Å². The minimum atomic E-state index is -0.239. The van der Waals surface area contributed by atoms with Gasteiger partial charge in [-0.05, 0) is 77.2 Å². The summed E-state index contributed by atoms with van der Waals surface area (Å²) in [6.07, 6.45) is 1.01. The average Bonchev–Trinajstić information content (AvgIpc) is 2.78. The van der Waals surface area contributed by atoms with Crippen molar-refractivity contribution in [1.82, 2.24) is 0 Å². The first-order chi connectivity index (χ1) is 16.1. The molecule has 2 N–H and O–H groups in total. The normalized spacial score (nSPS) is 13.4. The van der Waals surface area contributed by atoms with E-state index in [1.165, 1.54) is 22.3 Å². The third kappa shape index (κ3) is 7.45. The third-order valence-electron chi connectivity index (χ3n) is 4.99. The minimum Gasteiger partial charge on any atom is -0.494 e. The molecule has 0 fully saturated rings. The highest BCUT2D eigenvalue weighted by atomic mass is 79.9. The van der Waals surface area contributed by atoms with Crippen molar-refractivity contribution in [2.45, 2.75) is 36.4 Å². The highest BCUT2D eigenvalue weighted by molar-refractivity contribution is 9.10. The fourth-order valence-corrected chi connectivity index (χ4v) is 5.68. The van der Waals surface area contributed by atoms with Gasteiger partial charge in [0.2, 0.25) is 0 Å². The molecule has 0 unspecified atom stereocenters. The van der Waals surface area contributed by atoms with Gasteiger partial charge >= 0.3 is 6.03 Å². The molecule has 4 nitrogen and oxygen atoms in total. The molecule has 1 heterocycles. The Hall–Kier alpha value is -2.09. The molecule has 1 aliphatic heterocycles. The van der Waals surface area contributed by atoms with Crippen molar-refractivity contribution in [3.8, 4) is 5.75 Å². The van der Waals surface area contributed by atoms with Gasteiger partial charge in [0.1, 0.15) is 5.75 Å². The van der Waals surface area contributed by atoms with E-state index >= 15 is 0 Å². The van der Waals surface area contributed by atoms with Crippen molar-refractivity contribution in [1.29, 1.82) is 0 Å². The highest BCUT2D eigenvalue weighted by Gasteiger charge is 2.10. The van der Waals surface area contributed by atoms with Crippen LogP contribution in [0, 0.1) is 0 Å². The molecule has 0 saturated heterocycles. The summed E-state index contributed by atoms with van der Waals surface area (Å²) < 4.78 is 6.89. The molecule has 7 heteroatoms. The maximum absolute atomic E-state index is 12.5. The molecule has 2 amide bonds. The molecule has 0 aromatic heterocycles. The first kappa shape index (κ1) is 24.0. The van der Waals surface area contributed by atoms with Gasteiger partial charge in [0.05, 0.1) is 6.61 Å². The fraction of sp³-hybridized carbons (Fsp3) is 0.269. The zero-order chi connectivity index (χ0) is 23.0. The number of rotatable bonds is 5. The maximum Gasteiger partial charge on any atom is 0.323 e. The fourth-order valence-electron chi connectivity index (χ4n) is 3.60. The van der Waals surface area contributed by atoms with Gasteiger partial charge in [0, 0.05) is 38.9 Å². The number of hydrogen-bond donors (Lipinski definition) is 2. The van der Waals surface area contributed by atoms with Gasteiger partial charge in [-0.2, -0.15) is 23.5 Å². The van der Waals surface area contributed by atoms with Gasteiger partial charge in [-0.15, -0.1) is 0 Å². The van der Waals surface area contributed by atoms with Crippen LogP contribution >= 0.6 is 39.5 Å². The molecule has 33 heavy (non-hydrogen) atoms. The van der Waals surface area contributed by atoms with E-state index in [1.54, 1.807) is 0 Å². The number of amides is 2. The molecule has 3 aromatic rings. The summed E-state index contributed by atoms with van der Waals surface area (Å²) in [5.74, 6) is 4.61. The highest BCUT2D eigenvalue weighted by Crippen LogP contribution is 2.30. The van der Waals surface area contributed by atoms with E-state index in [-0.39, 0.29) is 6.03 Å². The molecule has 4 rings (SSSR count). The number of thioether (sulfide) groups is 2. The number of carbonyl (C=O) groups is 1. The standard InChI is InChI=1S/C26H27BrN2O2S2/c1-2-7-31-25-12-20-9-21(13-25)17-33-15-19-8-18(14-32-16-20)10-24(11-19)29-26(30)28-23-5-3-22(27)4-6-23/h3-6,8-13H,2,7,14-17H2,1H3,(H2,28,29,30). The minimum absolute atomic E-state index is 0.239. The first-order valence-electron chi connectivity index (χ1n) is 10.9. The lowest BCUT2D eigenvalue weighted by Gasteiger charge is -2.15. The summed E-state index contributed by atoms with van der Waals surface area (Å²) in [6.45, 7) is 2.88. The van der Waals surface area contributed by atoms with Gasteiger partial charge in [0.25, 0.3) is 0 Å². The molecule has 172 valence electrons. The lowest BCUT2D eigenvalue weighted by atomic mass is 10.1. The zero-order valence-corrected chi connectivity index (χ0v) is 21.7. The van der Waals surface area contributed by atoms with Gasteiger partial charge < -0.3 is 15.4 Å². The van der Waals surface area contributed by atoms with Gasteiger partial charge in [-0.25, -0.2) is 4.79 Å². The van der Waals surface area contributed by atoms with Crippen LogP contribution in [0.5, 0.6) is 5.75 Å². The molecule has 0 atom stereocenters. The molecule has 1 aliphatic rings. The van der Waals surface area contributed by atoms with Crippen LogP contribution in [0.15, 0.2) is 65.1 Å². The Balaban J connectivity index is 1.45. The van der Waals surface area contributed by atoms with E-state index in [9.17, 15) is 4.79 Å². The van der Waals surface area contributed by atoms with Crippen LogP contribution in [0.3, 0.4) is 0 Å². The van der Waals surface area contributed by atoms with Crippen molar-refractivity contribution in [2.24, 2.45) is 0 Å². The molecule has 3 aromatic carbocycles.